The van der Waals surface area contributed by atoms with E-state index in [1.54, 1.807) is 49.7 Å². The number of halogens is 4. The van der Waals surface area contributed by atoms with Gasteiger partial charge in [-0.2, -0.15) is 0 Å². The Morgan fingerprint density at radius 2 is 1.65 bits per heavy atom. The van der Waals surface area contributed by atoms with Gasteiger partial charge in [0.05, 0.1) is 51.7 Å². The Balaban J connectivity index is 1.64. The van der Waals surface area contributed by atoms with Gasteiger partial charge >= 0.3 is 5.97 Å². The number of carbonyl (C=O) groups is 1. The summed E-state index contributed by atoms with van der Waals surface area (Å²) in [6.07, 6.45) is 2.40. The van der Waals surface area contributed by atoms with Gasteiger partial charge in [0, 0.05) is 40.3 Å². The molecule has 7 nitrogen and oxygen atoms in total. The third kappa shape index (κ3) is 9.15. The van der Waals surface area contributed by atoms with Crippen LogP contribution < -0.4 is 4.74 Å². The second kappa shape index (κ2) is 15.4. The summed E-state index contributed by atoms with van der Waals surface area (Å²) in [6, 6.07) is 13.9. The molecular formula is C36H43ClF3N4O3S2+. The smallest absolute Gasteiger partial charge is 0.324 e. The molecule has 3 aromatic carbocycles. The molecule has 4 rings (SSSR count). The number of nitrogens with zero attached hydrogens (tertiary/aromatic N) is 4. The molecule has 0 saturated heterocycles. The number of benzene rings is 3. The van der Waals surface area contributed by atoms with Crippen LogP contribution in [-0.2, 0) is 16.0 Å². The first kappa shape index (κ1) is 38.6. The Kier molecular flexibility index (Phi) is 12.1. The Bertz CT molecular complexity index is 1770. The maximum atomic E-state index is 15.6. The van der Waals surface area contributed by atoms with Gasteiger partial charge in [-0.05, 0) is 79.9 Å². The highest BCUT2D eigenvalue weighted by Gasteiger charge is 2.36. The first-order chi connectivity index (χ1) is 22.8. The van der Waals surface area contributed by atoms with Gasteiger partial charge in [-0.1, -0.05) is 43.3 Å². The molecule has 0 amide bonds. The highest BCUT2D eigenvalue weighted by molar-refractivity contribution is 7.98. The van der Waals surface area contributed by atoms with Crippen LogP contribution in [0.25, 0.3) is 5.69 Å². The molecule has 0 radical (unpaired) electrons. The summed E-state index contributed by atoms with van der Waals surface area (Å²) in [5.74, 6) is -2.49. The summed E-state index contributed by atoms with van der Waals surface area (Å²) in [6.45, 7) is 8.38. The Morgan fingerprint density at radius 1 is 1.02 bits per heavy atom. The van der Waals surface area contributed by atoms with Crippen LogP contribution in [0, 0.1) is 17.5 Å². The van der Waals surface area contributed by atoms with Crippen molar-refractivity contribution in [2.75, 3.05) is 41.3 Å². The number of carboxylic acid groups (broad SMARTS) is 1. The fraction of sp³-hybridized carbons (Fsp3) is 0.389. The van der Waals surface area contributed by atoms with Crippen LogP contribution in [0.1, 0.15) is 50.9 Å². The van der Waals surface area contributed by atoms with Crippen molar-refractivity contribution < 1.29 is 32.3 Å². The number of hydrogen-bond acceptors (Lipinski definition) is 6. The molecule has 0 aliphatic rings. The van der Waals surface area contributed by atoms with Crippen LogP contribution in [-0.4, -0.2) is 76.3 Å². The molecule has 1 aromatic heterocycles. The maximum Gasteiger partial charge on any atom is 0.324 e. The summed E-state index contributed by atoms with van der Waals surface area (Å²) in [4.78, 5) is 17.0. The van der Waals surface area contributed by atoms with Crippen LogP contribution in [0.4, 0.5) is 13.2 Å². The lowest BCUT2D eigenvalue weighted by Crippen LogP contribution is -2.47. The van der Waals surface area contributed by atoms with E-state index < -0.39 is 34.4 Å². The van der Waals surface area contributed by atoms with E-state index in [9.17, 15) is 14.3 Å². The molecule has 264 valence electrons. The number of ether oxygens (including phenoxy) is 1. The quantitative estimate of drug-likeness (QED) is 0.0744. The Labute approximate surface area is 300 Å². The standard InChI is InChI=1S/C36H42ClF3N4O3S2/c1-35(2,23-10-15-28(37)31(18-23)47-8)32-21-41-34(43(32)25-13-11-24(38)12-14-25)48-22-27-29(39)19-26(20-30(27)40)49-42(36(3,4)33(45)46)16-9-17-44(5,6)7/h10-15,18-21H,9,16-17,22H2,1-8H3/p+1. The topological polar surface area (TPSA) is 67.6 Å². The van der Waals surface area contributed by atoms with Gasteiger partial charge in [-0.3, -0.25) is 9.36 Å². The lowest BCUT2D eigenvalue weighted by Gasteiger charge is -2.34. The average Bonchev–Trinajstić information content (AvgIpc) is 3.44. The molecule has 49 heavy (non-hydrogen) atoms. The molecule has 13 heteroatoms. The minimum Gasteiger partial charge on any atom is -0.495 e. The van der Waals surface area contributed by atoms with Gasteiger partial charge in [0.1, 0.15) is 28.7 Å². The molecular weight excluding hydrogens is 693 g/mol. The average molecular weight is 736 g/mol. The van der Waals surface area contributed by atoms with Crippen LogP contribution in [0.15, 0.2) is 70.8 Å². The van der Waals surface area contributed by atoms with E-state index in [0.29, 0.717) is 39.1 Å². The van der Waals surface area contributed by atoms with Crippen LogP contribution in [0.5, 0.6) is 5.75 Å². The van der Waals surface area contributed by atoms with Crippen LogP contribution in [0.2, 0.25) is 5.02 Å². The predicted octanol–water partition coefficient (Wildman–Crippen LogP) is 8.84. The fourth-order valence-electron chi connectivity index (χ4n) is 5.18. The molecule has 0 aliphatic heterocycles. The number of methoxy groups -OCH3 is 1. The van der Waals surface area contributed by atoms with Gasteiger partial charge in [0.25, 0.3) is 0 Å². The van der Waals surface area contributed by atoms with Crippen molar-refractivity contribution in [3.63, 3.8) is 0 Å². The van der Waals surface area contributed by atoms with Crippen LogP contribution in [0.3, 0.4) is 0 Å². The van der Waals surface area contributed by atoms with Crippen molar-refractivity contribution in [2.45, 2.75) is 60.9 Å². The molecule has 0 saturated carbocycles. The van der Waals surface area contributed by atoms with E-state index in [0.717, 1.165) is 41.5 Å². The zero-order valence-electron chi connectivity index (χ0n) is 29.0. The third-order valence-corrected chi connectivity index (χ3v) is 10.9. The highest BCUT2D eigenvalue weighted by Crippen LogP contribution is 2.40. The van der Waals surface area contributed by atoms with Crippen molar-refractivity contribution in [3.8, 4) is 11.4 Å². The van der Waals surface area contributed by atoms with Crippen molar-refractivity contribution in [1.82, 2.24) is 13.9 Å². The van der Waals surface area contributed by atoms with E-state index in [4.69, 9.17) is 16.3 Å². The Morgan fingerprint density at radius 3 is 2.22 bits per heavy atom. The van der Waals surface area contributed by atoms with Gasteiger partial charge in [-0.25, -0.2) is 22.5 Å². The molecule has 0 unspecified atom stereocenters. The SMILES string of the molecule is COc1cc(C(C)(C)c2cnc(SCc3c(F)cc(SN(CCC[N+](C)(C)C)C(C)(C)C(=O)O)cc3F)n2-c2ccc(F)cc2)ccc1Cl. The highest BCUT2D eigenvalue weighted by atomic mass is 35.5. The second-order valence-corrected chi connectivity index (χ2v) is 16.2. The summed E-state index contributed by atoms with van der Waals surface area (Å²) in [5.41, 5.74) is 0.206. The van der Waals surface area contributed by atoms with E-state index >= 15 is 8.78 Å². The van der Waals surface area contributed by atoms with E-state index in [1.165, 1.54) is 24.3 Å². The molecule has 0 fully saturated rings. The number of carboxylic acids is 1. The summed E-state index contributed by atoms with van der Waals surface area (Å²) in [5, 5.41) is 10.8. The molecule has 1 heterocycles. The number of hydrogen-bond donors (Lipinski definition) is 1. The summed E-state index contributed by atoms with van der Waals surface area (Å²) in [7, 11) is 7.68. The summed E-state index contributed by atoms with van der Waals surface area (Å²) < 4.78 is 54.9. The second-order valence-electron chi connectivity index (χ2n) is 13.8. The minimum absolute atomic E-state index is 0.0801. The number of aromatic nitrogens is 2. The zero-order chi connectivity index (χ0) is 36.3. The lowest BCUT2D eigenvalue weighted by molar-refractivity contribution is -0.870. The van der Waals surface area contributed by atoms with E-state index in [2.05, 4.69) is 4.98 Å². The van der Waals surface area contributed by atoms with Gasteiger partial charge < -0.3 is 14.3 Å². The maximum absolute atomic E-state index is 15.6. The van der Waals surface area contributed by atoms with E-state index in [-0.39, 0.29) is 16.2 Å². The first-order valence-corrected chi connectivity index (χ1v) is 17.8. The Hall–Kier alpha value is -3.16. The summed E-state index contributed by atoms with van der Waals surface area (Å²) >= 11 is 8.47. The van der Waals surface area contributed by atoms with Crippen molar-refractivity contribution in [2.24, 2.45) is 0 Å². The molecule has 1 N–H and O–H groups in total. The number of thioether (sulfide) groups is 1. The van der Waals surface area contributed by atoms with Gasteiger partial charge in [0.2, 0.25) is 0 Å². The monoisotopic (exact) mass is 735 g/mol. The number of aliphatic carboxylic acids is 1. The molecule has 4 aromatic rings. The van der Waals surface area contributed by atoms with E-state index in [1.807, 2.05) is 51.7 Å². The third-order valence-electron chi connectivity index (χ3n) is 8.34. The molecule has 0 atom stereocenters. The normalized spacial score (nSPS) is 12.5. The predicted molar refractivity (Wildman–Crippen MR) is 191 cm³/mol. The number of quaternary nitrogens is 1. The number of imidazole rings is 1. The number of rotatable bonds is 15. The molecule has 0 spiro atoms. The van der Waals surface area contributed by atoms with Crippen molar-refractivity contribution in [3.05, 3.63) is 100 Å². The van der Waals surface area contributed by atoms with Gasteiger partial charge in [0.15, 0.2) is 5.16 Å². The minimum atomic E-state index is -1.28. The first-order valence-electron chi connectivity index (χ1n) is 15.6. The van der Waals surface area contributed by atoms with Crippen molar-refractivity contribution >= 4 is 41.3 Å². The molecule has 0 aliphatic carbocycles. The van der Waals surface area contributed by atoms with Crippen LogP contribution >= 0.6 is 35.3 Å². The lowest BCUT2D eigenvalue weighted by atomic mass is 9.81. The zero-order valence-corrected chi connectivity index (χ0v) is 31.4. The van der Waals surface area contributed by atoms with Crippen molar-refractivity contribution in [1.29, 1.82) is 0 Å². The largest absolute Gasteiger partial charge is 0.495 e. The van der Waals surface area contributed by atoms with Gasteiger partial charge in [-0.15, -0.1) is 0 Å². The molecule has 0 bridgehead atoms. The fourth-order valence-corrected chi connectivity index (χ4v) is 7.48.